The Morgan fingerprint density at radius 1 is 1.52 bits per heavy atom. The van der Waals surface area contributed by atoms with E-state index in [2.05, 4.69) is 21.8 Å². The largest absolute Gasteiger partial charge is 0.340 e. The summed E-state index contributed by atoms with van der Waals surface area (Å²) in [7, 11) is 2.00. The second kappa shape index (κ2) is 6.24. The van der Waals surface area contributed by atoms with Gasteiger partial charge in [-0.25, -0.2) is 9.97 Å². The Hall–Kier alpha value is -2.62. The number of nitrogens with zero attached hydrogens (tertiary/aromatic N) is 6. The Labute approximate surface area is 135 Å². The number of piperidine rings is 1. The second-order valence-electron chi connectivity index (χ2n) is 6.03. The quantitative estimate of drug-likeness (QED) is 0.854. The molecule has 23 heavy (non-hydrogen) atoms. The topological polar surface area (TPSA) is 77.5 Å². The van der Waals surface area contributed by atoms with Crippen molar-refractivity contribution in [3.8, 4) is 6.07 Å². The molecule has 2 aromatic heterocycles. The lowest BCUT2D eigenvalue weighted by Gasteiger charge is -2.41. The normalized spacial score (nSPS) is 21.2. The molecule has 0 spiro atoms. The molecule has 3 heterocycles. The van der Waals surface area contributed by atoms with E-state index in [1.807, 2.05) is 35.8 Å². The summed E-state index contributed by atoms with van der Waals surface area (Å²) < 4.78 is 1.95. The lowest BCUT2D eigenvalue weighted by molar-refractivity contribution is -0.131. The maximum atomic E-state index is 12.0. The third-order valence-electron chi connectivity index (χ3n) is 4.62. The molecular formula is C16H20N6O. The zero-order valence-electron chi connectivity index (χ0n) is 13.4. The molecule has 2 atom stereocenters. The molecule has 0 saturated carbocycles. The molecule has 1 saturated heterocycles. The average molecular weight is 312 g/mol. The van der Waals surface area contributed by atoms with Crippen LogP contribution >= 0.6 is 0 Å². The molecule has 120 valence electrons. The van der Waals surface area contributed by atoms with E-state index in [0.717, 1.165) is 18.0 Å². The van der Waals surface area contributed by atoms with Gasteiger partial charge in [0.1, 0.15) is 18.4 Å². The van der Waals surface area contributed by atoms with E-state index in [1.165, 1.54) is 0 Å². The van der Waals surface area contributed by atoms with Gasteiger partial charge in [0.2, 0.25) is 11.9 Å². The number of likely N-dealkylation sites (N-methyl/N-ethyl adjacent to an activating group) is 1. The van der Waals surface area contributed by atoms with Crippen molar-refractivity contribution in [2.75, 3.05) is 25.0 Å². The molecule has 2 aromatic rings. The van der Waals surface area contributed by atoms with Crippen LogP contribution in [0, 0.1) is 17.2 Å². The second-order valence-corrected chi connectivity index (χ2v) is 6.03. The average Bonchev–Trinajstić information content (AvgIpc) is 3.03. The van der Waals surface area contributed by atoms with Crippen LogP contribution in [0.5, 0.6) is 0 Å². The molecule has 0 aromatic carbocycles. The SMILES string of the molecule is C[C@@H]1CCN(C(=O)CC#N)C[C@@H]1N(C)c1ncnc2cccn12. The summed E-state index contributed by atoms with van der Waals surface area (Å²) in [6.07, 6.45) is 4.37. The summed E-state index contributed by atoms with van der Waals surface area (Å²) in [5, 5.41) is 8.74. The summed E-state index contributed by atoms with van der Waals surface area (Å²) >= 11 is 0. The van der Waals surface area contributed by atoms with Crippen molar-refractivity contribution in [3.63, 3.8) is 0 Å². The van der Waals surface area contributed by atoms with Crippen LogP contribution < -0.4 is 4.90 Å². The Morgan fingerprint density at radius 3 is 3.13 bits per heavy atom. The summed E-state index contributed by atoms with van der Waals surface area (Å²) in [5.41, 5.74) is 0.850. The van der Waals surface area contributed by atoms with Gasteiger partial charge in [-0.1, -0.05) is 6.92 Å². The minimum Gasteiger partial charge on any atom is -0.340 e. The van der Waals surface area contributed by atoms with Crippen LogP contribution in [0.3, 0.4) is 0 Å². The van der Waals surface area contributed by atoms with Crippen molar-refractivity contribution < 1.29 is 4.79 Å². The number of carbonyl (C=O) groups is 1. The van der Waals surface area contributed by atoms with Gasteiger partial charge in [0, 0.05) is 26.3 Å². The lowest BCUT2D eigenvalue weighted by atomic mass is 9.92. The van der Waals surface area contributed by atoms with Crippen LogP contribution in [0.4, 0.5) is 5.95 Å². The van der Waals surface area contributed by atoms with Gasteiger partial charge in [0.05, 0.1) is 12.1 Å². The van der Waals surface area contributed by atoms with E-state index in [4.69, 9.17) is 5.26 Å². The molecule has 1 amide bonds. The summed E-state index contributed by atoms with van der Waals surface area (Å²) in [4.78, 5) is 24.6. The standard InChI is InChI=1S/C16H20N6O/c1-12-6-9-21(15(23)5-7-17)10-13(12)20(2)16-19-11-18-14-4-3-8-22(14)16/h3-4,8,11-13H,5-6,9-10H2,1-2H3/t12-,13+/m1/s1. The molecular weight excluding hydrogens is 292 g/mol. The van der Waals surface area contributed by atoms with Gasteiger partial charge in [-0.05, 0) is 24.5 Å². The van der Waals surface area contributed by atoms with Crippen LogP contribution in [-0.4, -0.2) is 51.4 Å². The Kier molecular flexibility index (Phi) is 4.15. The fourth-order valence-electron chi connectivity index (χ4n) is 3.22. The van der Waals surface area contributed by atoms with E-state index in [-0.39, 0.29) is 18.4 Å². The molecule has 3 rings (SSSR count). The van der Waals surface area contributed by atoms with Crippen LogP contribution in [-0.2, 0) is 4.79 Å². The zero-order valence-corrected chi connectivity index (χ0v) is 13.4. The molecule has 0 radical (unpaired) electrons. The van der Waals surface area contributed by atoms with E-state index in [0.29, 0.717) is 19.0 Å². The fourth-order valence-corrected chi connectivity index (χ4v) is 3.22. The monoisotopic (exact) mass is 312 g/mol. The highest BCUT2D eigenvalue weighted by molar-refractivity contribution is 5.78. The Morgan fingerprint density at radius 2 is 2.35 bits per heavy atom. The minimum absolute atomic E-state index is 0.0554. The van der Waals surface area contributed by atoms with Crippen molar-refractivity contribution in [1.82, 2.24) is 19.3 Å². The van der Waals surface area contributed by atoms with Gasteiger partial charge < -0.3 is 9.80 Å². The highest BCUT2D eigenvalue weighted by Gasteiger charge is 2.32. The van der Waals surface area contributed by atoms with Crippen LogP contribution in [0.25, 0.3) is 5.65 Å². The lowest BCUT2D eigenvalue weighted by Crippen LogP contribution is -2.53. The number of fused-ring (bicyclic) bond motifs is 1. The molecule has 0 unspecified atom stereocenters. The molecule has 7 nitrogen and oxygen atoms in total. The fraction of sp³-hybridized carbons (Fsp3) is 0.500. The first-order chi connectivity index (χ1) is 11.1. The van der Waals surface area contributed by atoms with Gasteiger partial charge in [0.15, 0.2) is 0 Å². The predicted molar refractivity (Wildman–Crippen MR) is 85.8 cm³/mol. The molecule has 1 fully saturated rings. The first kappa shape index (κ1) is 15.3. The minimum atomic E-state index is -0.0911. The molecule has 7 heteroatoms. The molecule has 0 aliphatic carbocycles. The summed E-state index contributed by atoms with van der Waals surface area (Å²) in [6, 6.07) is 5.98. The Balaban J connectivity index is 1.85. The maximum absolute atomic E-state index is 12.0. The Bertz CT molecular complexity index is 748. The smallest absolute Gasteiger partial charge is 0.236 e. The number of likely N-dealkylation sites (tertiary alicyclic amines) is 1. The number of nitriles is 1. The van der Waals surface area contributed by atoms with E-state index >= 15 is 0 Å². The number of rotatable bonds is 3. The van der Waals surface area contributed by atoms with E-state index < -0.39 is 0 Å². The number of carbonyl (C=O) groups excluding carboxylic acids is 1. The van der Waals surface area contributed by atoms with Crippen molar-refractivity contribution in [2.24, 2.45) is 5.92 Å². The van der Waals surface area contributed by atoms with E-state index in [9.17, 15) is 4.79 Å². The van der Waals surface area contributed by atoms with Crippen molar-refractivity contribution >= 4 is 17.5 Å². The number of hydrogen-bond acceptors (Lipinski definition) is 5. The van der Waals surface area contributed by atoms with Gasteiger partial charge in [-0.2, -0.15) is 5.26 Å². The van der Waals surface area contributed by atoms with Crippen molar-refractivity contribution in [2.45, 2.75) is 25.8 Å². The molecule has 1 aliphatic heterocycles. The maximum Gasteiger partial charge on any atom is 0.236 e. The summed E-state index contributed by atoms with van der Waals surface area (Å²) in [5.74, 6) is 1.16. The van der Waals surface area contributed by atoms with Gasteiger partial charge in [-0.3, -0.25) is 9.20 Å². The number of anilines is 1. The van der Waals surface area contributed by atoms with Gasteiger partial charge >= 0.3 is 0 Å². The highest BCUT2D eigenvalue weighted by Crippen LogP contribution is 2.25. The highest BCUT2D eigenvalue weighted by atomic mass is 16.2. The number of amides is 1. The van der Waals surface area contributed by atoms with Crippen molar-refractivity contribution in [1.29, 1.82) is 5.26 Å². The summed E-state index contributed by atoms with van der Waals surface area (Å²) in [6.45, 7) is 3.53. The van der Waals surface area contributed by atoms with Crippen LogP contribution in [0.1, 0.15) is 19.8 Å². The first-order valence-electron chi connectivity index (χ1n) is 7.77. The molecule has 0 bridgehead atoms. The van der Waals surface area contributed by atoms with E-state index in [1.54, 1.807) is 11.2 Å². The first-order valence-corrected chi connectivity index (χ1v) is 7.77. The molecule has 1 aliphatic rings. The third-order valence-corrected chi connectivity index (χ3v) is 4.62. The van der Waals surface area contributed by atoms with Crippen LogP contribution in [0.2, 0.25) is 0 Å². The predicted octanol–water partition coefficient (Wildman–Crippen LogP) is 1.32. The van der Waals surface area contributed by atoms with Crippen LogP contribution in [0.15, 0.2) is 24.7 Å². The number of aromatic nitrogens is 3. The van der Waals surface area contributed by atoms with Crippen molar-refractivity contribution in [3.05, 3.63) is 24.7 Å². The molecule has 0 N–H and O–H groups in total. The third kappa shape index (κ3) is 2.84. The zero-order chi connectivity index (χ0) is 16.4. The number of hydrogen-bond donors (Lipinski definition) is 0. The van der Waals surface area contributed by atoms with Gasteiger partial charge in [0.25, 0.3) is 0 Å². The van der Waals surface area contributed by atoms with Gasteiger partial charge in [-0.15, -0.1) is 0 Å².